The molecular weight excluding hydrogens is 174 g/mol. The highest BCUT2D eigenvalue weighted by molar-refractivity contribution is 5.57. The molecule has 1 aliphatic carbocycles. The highest BCUT2D eigenvalue weighted by atomic mass is 16.1. The van der Waals surface area contributed by atoms with Gasteiger partial charge < -0.3 is 10.1 Å². The maximum absolute atomic E-state index is 10.9. The first-order chi connectivity index (χ1) is 6.51. The average molecular weight is 197 g/mol. The lowest BCUT2D eigenvalue weighted by molar-refractivity contribution is -0.110. The van der Waals surface area contributed by atoms with Crippen LogP contribution in [0.3, 0.4) is 0 Å². The molecule has 0 aliphatic heterocycles. The third kappa shape index (κ3) is 4.23. The van der Waals surface area contributed by atoms with Crippen LogP contribution in [0.1, 0.15) is 52.9 Å². The first kappa shape index (κ1) is 11.7. The van der Waals surface area contributed by atoms with E-state index in [1.807, 2.05) is 0 Å². The van der Waals surface area contributed by atoms with Crippen molar-refractivity contribution in [2.24, 2.45) is 5.41 Å². The zero-order valence-electron chi connectivity index (χ0n) is 9.68. The monoisotopic (exact) mass is 197 g/mol. The van der Waals surface area contributed by atoms with E-state index in [4.69, 9.17) is 0 Å². The third-order valence-corrected chi connectivity index (χ3v) is 2.80. The van der Waals surface area contributed by atoms with E-state index in [0.29, 0.717) is 6.04 Å². The Kier molecular flexibility index (Phi) is 4.11. The van der Waals surface area contributed by atoms with E-state index < -0.39 is 0 Å². The Balaban J connectivity index is 2.34. The van der Waals surface area contributed by atoms with Gasteiger partial charge in [0, 0.05) is 6.04 Å². The van der Waals surface area contributed by atoms with Gasteiger partial charge in [0.25, 0.3) is 0 Å². The van der Waals surface area contributed by atoms with Crippen molar-refractivity contribution >= 4 is 6.29 Å². The van der Waals surface area contributed by atoms with Crippen LogP contribution in [0.5, 0.6) is 0 Å². The Morgan fingerprint density at radius 3 is 2.36 bits per heavy atom. The quantitative estimate of drug-likeness (QED) is 0.702. The fourth-order valence-corrected chi connectivity index (χ4v) is 2.20. The van der Waals surface area contributed by atoms with Gasteiger partial charge in [-0.15, -0.1) is 0 Å². The standard InChI is InChI=1S/C12H23NO/c1-12(2,3)8-11(9-14)13-10-6-4-5-7-10/h9-11,13H,4-8H2,1-3H3/t11-/m0/s1. The number of carbonyl (C=O) groups is 1. The summed E-state index contributed by atoms with van der Waals surface area (Å²) < 4.78 is 0. The van der Waals surface area contributed by atoms with E-state index in [-0.39, 0.29) is 11.5 Å². The zero-order valence-corrected chi connectivity index (χ0v) is 9.68. The zero-order chi connectivity index (χ0) is 10.6. The fourth-order valence-electron chi connectivity index (χ4n) is 2.20. The fraction of sp³-hybridized carbons (Fsp3) is 0.917. The average Bonchev–Trinajstić information content (AvgIpc) is 2.53. The Hall–Kier alpha value is -0.370. The van der Waals surface area contributed by atoms with Crippen molar-refractivity contribution < 1.29 is 4.79 Å². The van der Waals surface area contributed by atoms with Crippen molar-refractivity contribution in [2.45, 2.75) is 65.0 Å². The molecule has 0 spiro atoms. The molecule has 1 rings (SSSR count). The summed E-state index contributed by atoms with van der Waals surface area (Å²) in [6.07, 6.45) is 7.14. The summed E-state index contributed by atoms with van der Waals surface area (Å²) in [7, 11) is 0. The summed E-state index contributed by atoms with van der Waals surface area (Å²) in [6.45, 7) is 6.54. The van der Waals surface area contributed by atoms with Crippen molar-refractivity contribution in [1.82, 2.24) is 5.32 Å². The van der Waals surface area contributed by atoms with Crippen molar-refractivity contribution in [2.75, 3.05) is 0 Å². The molecule has 0 aromatic carbocycles. The Morgan fingerprint density at radius 2 is 1.93 bits per heavy atom. The van der Waals surface area contributed by atoms with E-state index in [0.717, 1.165) is 12.7 Å². The molecule has 14 heavy (non-hydrogen) atoms. The van der Waals surface area contributed by atoms with Gasteiger partial charge >= 0.3 is 0 Å². The van der Waals surface area contributed by atoms with Gasteiger partial charge in [0.05, 0.1) is 6.04 Å². The normalized spacial score (nSPS) is 21.1. The number of rotatable bonds is 4. The number of nitrogens with one attached hydrogen (secondary N) is 1. The molecule has 82 valence electrons. The lowest BCUT2D eigenvalue weighted by Crippen LogP contribution is -2.40. The second-order valence-electron chi connectivity index (χ2n) is 5.66. The maximum atomic E-state index is 10.9. The second-order valence-corrected chi connectivity index (χ2v) is 5.66. The molecule has 0 unspecified atom stereocenters. The number of carbonyl (C=O) groups excluding carboxylic acids is 1. The van der Waals surface area contributed by atoms with Gasteiger partial charge in [-0.2, -0.15) is 0 Å². The third-order valence-electron chi connectivity index (χ3n) is 2.80. The minimum Gasteiger partial charge on any atom is -0.305 e. The van der Waals surface area contributed by atoms with E-state index in [1.165, 1.54) is 25.7 Å². The van der Waals surface area contributed by atoms with Crippen LogP contribution in [0.25, 0.3) is 0 Å². The molecule has 1 N–H and O–H groups in total. The van der Waals surface area contributed by atoms with Crippen LogP contribution in [-0.4, -0.2) is 18.4 Å². The molecule has 0 heterocycles. The number of hydrogen-bond donors (Lipinski definition) is 1. The van der Waals surface area contributed by atoms with Crippen LogP contribution in [0, 0.1) is 5.41 Å². The van der Waals surface area contributed by atoms with Crippen molar-refractivity contribution in [3.63, 3.8) is 0 Å². The van der Waals surface area contributed by atoms with E-state index in [2.05, 4.69) is 26.1 Å². The van der Waals surface area contributed by atoms with Gasteiger partial charge in [0.1, 0.15) is 6.29 Å². The van der Waals surface area contributed by atoms with Crippen LogP contribution in [0.2, 0.25) is 0 Å². The van der Waals surface area contributed by atoms with Gasteiger partial charge in [-0.05, 0) is 24.7 Å². The minimum atomic E-state index is 0.0538. The molecule has 0 radical (unpaired) electrons. The summed E-state index contributed by atoms with van der Waals surface area (Å²) in [5, 5.41) is 3.45. The van der Waals surface area contributed by atoms with Crippen molar-refractivity contribution in [3.05, 3.63) is 0 Å². The Morgan fingerprint density at radius 1 is 1.36 bits per heavy atom. The largest absolute Gasteiger partial charge is 0.305 e. The number of aldehydes is 1. The van der Waals surface area contributed by atoms with Gasteiger partial charge in [-0.25, -0.2) is 0 Å². The van der Waals surface area contributed by atoms with Gasteiger partial charge in [0.15, 0.2) is 0 Å². The molecule has 0 aromatic rings. The minimum absolute atomic E-state index is 0.0538. The Labute approximate surface area is 87.5 Å². The van der Waals surface area contributed by atoms with E-state index >= 15 is 0 Å². The summed E-state index contributed by atoms with van der Waals surface area (Å²) in [6, 6.07) is 0.644. The maximum Gasteiger partial charge on any atom is 0.136 e. The Bertz CT molecular complexity index is 177. The lowest BCUT2D eigenvalue weighted by Gasteiger charge is -2.25. The van der Waals surface area contributed by atoms with E-state index in [9.17, 15) is 4.79 Å². The first-order valence-electron chi connectivity index (χ1n) is 5.72. The van der Waals surface area contributed by atoms with Crippen molar-refractivity contribution in [3.8, 4) is 0 Å². The van der Waals surface area contributed by atoms with Crippen LogP contribution in [-0.2, 0) is 4.79 Å². The van der Waals surface area contributed by atoms with Crippen LogP contribution < -0.4 is 5.32 Å². The van der Waals surface area contributed by atoms with Crippen LogP contribution in [0.4, 0.5) is 0 Å². The smallest absolute Gasteiger partial charge is 0.136 e. The van der Waals surface area contributed by atoms with Crippen LogP contribution >= 0.6 is 0 Å². The molecule has 1 atom stereocenters. The summed E-state index contributed by atoms with van der Waals surface area (Å²) in [4.78, 5) is 10.9. The molecule has 0 bridgehead atoms. The predicted molar refractivity (Wildman–Crippen MR) is 59.3 cm³/mol. The predicted octanol–water partition coefficient (Wildman–Crippen LogP) is 2.52. The molecule has 1 aliphatic rings. The SMILES string of the molecule is CC(C)(C)C[C@@H](C=O)NC1CCCC1. The topological polar surface area (TPSA) is 29.1 Å². The van der Waals surface area contributed by atoms with Crippen LogP contribution in [0.15, 0.2) is 0 Å². The van der Waals surface area contributed by atoms with Gasteiger partial charge in [-0.3, -0.25) is 0 Å². The first-order valence-corrected chi connectivity index (χ1v) is 5.72. The van der Waals surface area contributed by atoms with Gasteiger partial charge in [-0.1, -0.05) is 33.6 Å². The second kappa shape index (κ2) is 4.92. The number of hydrogen-bond acceptors (Lipinski definition) is 2. The summed E-state index contributed by atoms with van der Waals surface area (Å²) in [5.41, 5.74) is 0.233. The molecular formula is C12H23NO. The van der Waals surface area contributed by atoms with Crippen molar-refractivity contribution in [1.29, 1.82) is 0 Å². The lowest BCUT2D eigenvalue weighted by atomic mass is 9.88. The van der Waals surface area contributed by atoms with Gasteiger partial charge in [0.2, 0.25) is 0 Å². The molecule has 0 amide bonds. The molecule has 0 aromatic heterocycles. The summed E-state index contributed by atoms with van der Waals surface area (Å²) >= 11 is 0. The highest BCUT2D eigenvalue weighted by Crippen LogP contribution is 2.23. The molecule has 2 nitrogen and oxygen atoms in total. The molecule has 2 heteroatoms. The highest BCUT2D eigenvalue weighted by Gasteiger charge is 2.22. The molecule has 1 saturated carbocycles. The molecule has 1 fully saturated rings. The summed E-state index contributed by atoms with van der Waals surface area (Å²) in [5.74, 6) is 0. The van der Waals surface area contributed by atoms with E-state index in [1.54, 1.807) is 0 Å². The molecule has 0 saturated heterocycles.